The molecule has 0 spiro atoms. The van der Waals surface area contributed by atoms with Crippen LogP contribution < -0.4 is 10.1 Å². The van der Waals surface area contributed by atoms with E-state index in [-0.39, 0.29) is 24.5 Å². The minimum absolute atomic E-state index is 0.0447. The molecular formula is C27H32N2O9. The van der Waals surface area contributed by atoms with Gasteiger partial charge >= 0.3 is 17.9 Å². The number of aromatic hydroxyl groups is 1. The Labute approximate surface area is 220 Å². The van der Waals surface area contributed by atoms with Gasteiger partial charge in [-0.15, -0.1) is 0 Å². The molecule has 1 saturated heterocycles. The van der Waals surface area contributed by atoms with Gasteiger partial charge in [-0.2, -0.15) is 0 Å². The molecule has 2 aromatic rings. The van der Waals surface area contributed by atoms with E-state index in [4.69, 9.17) is 18.9 Å². The van der Waals surface area contributed by atoms with E-state index >= 15 is 0 Å². The third-order valence-electron chi connectivity index (χ3n) is 5.87. The van der Waals surface area contributed by atoms with Crippen LogP contribution in [0.25, 0.3) is 0 Å². The fourth-order valence-electron chi connectivity index (χ4n) is 3.85. The Morgan fingerprint density at radius 1 is 1.16 bits per heavy atom. The van der Waals surface area contributed by atoms with Crippen LogP contribution >= 0.6 is 0 Å². The number of ether oxygens (including phenoxy) is 4. The highest BCUT2D eigenvalue weighted by Crippen LogP contribution is 2.28. The first-order valence-corrected chi connectivity index (χ1v) is 12.4. The number of carbonyl (C=O) groups is 4. The summed E-state index contributed by atoms with van der Waals surface area (Å²) in [5.74, 6) is -5.03. The zero-order valence-electron chi connectivity index (χ0n) is 21.7. The number of nitrogens with zero attached hydrogens (tertiary/aromatic N) is 1. The van der Waals surface area contributed by atoms with Gasteiger partial charge in [-0.3, -0.25) is 14.4 Å². The highest BCUT2D eigenvalue weighted by atomic mass is 16.6. The predicted octanol–water partition coefficient (Wildman–Crippen LogP) is 2.20. The molecule has 1 aromatic heterocycles. The minimum Gasteiger partial charge on any atom is -0.503 e. The topological polar surface area (TPSA) is 150 Å². The Bertz CT molecular complexity index is 1150. The molecule has 4 atom stereocenters. The van der Waals surface area contributed by atoms with Crippen molar-refractivity contribution in [3.63, 3.8) is 0 Å². The number of aromatic nitrogens is 1. The lowest BCUT2D eigenvalue weighted by Crippen LogP contribution is -2.47. The third kappa shape index (κ3) is 6.99. The van der Waals surface area contributed by atoms with Crippen molar-refractivity contribution < 1.29 is 43.2 Å². The summed E-state index contributed by atoms with van der Waals surface area (Å²) in [4.78, 5) is 55.5. The molecule has 38 heavy (non-hydrogen) atoms. The van der Waals surface area contributed by atoms with E-state index in [9.17, 15) is 24.3 Å². The Kier molecular flexibility index (Phi) is 9.64. The first-order chi connectivity index (χ1) is 18.1. The molecule has 0 radical (unpaired) electrons. The van der Waals surface area contributed by atoms with Crippen LogP contribution in [0.2, 0.25) is 0 Å². The van der Waals surface area contributed by atoms with Gasteiger partial charge < -0.3 is 29.4 Å². The maximum absolute atomic E-state index is 13.2. The molecule has 0 bridgehead atoms. The second-order valence-corrected chi connectivity index (χ2v) is 9.09. The smallest absolute Gasteiger partial charge is 0.332 e. The summed E-state index contributed by atoms with van der Waals surface area (Å²) in [6, 6.07) is 9.05. The molecule has 1 aliphatic rings. The van der Waals surface area contributed by atoms with Crippen LogP contribution in [-0.4, -0.2) is 65.4 Å². The number of pyridine rings is 1. The van der Waals surface area contributed by atoms with Gasteiger partial charge in [0.15, 0.2) is 29.3 Å². The number of hydrogen-bond donors (Lipinski definition) is 2. The summed E-state index contributed by atoms with van der Waals surface area (Å²) in [5, 5.41) is 12.7. The minimum atomic E-state index is -1.41. The van der Waals surface area contributed by atoms with Gasteiger partial charge in [0, 0.05) is 12.3 Å². The molecule has 11 heteroatoms. The summed E-state index contributed by atoms with van der Waals surface area (Å²) >= 11 is 0. The lowest BCUT2D eigenvalue weighted by atomic mass is 9.91. The van der Waals surface area contributed by atoms with Crippen LogP contribution in [0.5, 0.6) is 11.5 Å². The second-order valence-electron chi connectivity index (χ2n) is 9.09. The van der Waals surface area contributed by atoms with Crippen LogP contribution in [0.1, 0.15) is 43.7 Å². The number of amides is 1. The quantitative estimate of drug-likeness (QED) is 0.385. The molecule has 1 aliphatic heterocycles. The fraction of sp³-hybridized carbons (Fsp3) is 0.444. The van der Waals surface area contributed by atoms with Crippen molar-refractivity contribution in [3.05, 3.63) is 53.9 Å². The van der Waals surface area contributed by atoms with Crippen molar-refractivity contribution in [2.24, 2.45) is 11.8 Å². The van der Waals surface area contributed by atoms with Crippen molar-refractivity contribution in [3.8, 4) is 11.5 Å². The molecular weight excluding hydrogens is 496 g/mol. The number of carbonyl (C=O) groups excluding carboxylic acids is 4. The SMILES string of the molecule is CCOc1ccnc(C(=O)NC2COC(=O)[C@H](Cc3ccccc3)C(OC(=O)C(C)C)[C@H](C)OC2=O)c1O. The number of nitrogens with one attached hydrogen (secondary N) is 1. The largest absolute Gasteiger partial charge is 0.503 e. The average Bonchev–Trinajstić information content (AvgIpc) is 2.92. The van der Waals surface area contributed by atoms with Crippen LogP contribution in [0.4, 0.5) is 0 Å². The maximum atomic E-state index is 13.2. The van der Waals surface area contributed by atoms with Crippen molar-refractivity contribution in [1.82, 2.24) is 10.3 Å². The first kappa shape index (κ1) is 28.4. The Morgan fingerprint density at radius 2 is 1.87 bits per heavy atom. The van der Waals surface area contributed by atoms with Crippen molar-refractivity contribution in [2.75, 3.05) is 13.2 Å². The molecule has 1 aromatic carbocycles. The average molecular weight is 529 g/mol. The van der Waals surface area contributed by atoms with E-state index in [1.165, 1.54) is 19.2 Å². The zero-order valence-corrected chi connectivity index (χ0v) is 21.7. The predicted molar refractivity (Wildman–Crippen MR) is 133 cm³/mol. The molecule has 2 heterocycles. The van der Waals surface area contributed by atoms with Gasteiger partial charge in [0.1, 0.15) is 18.6 Å². The van der Waals surface area contributed by atoms with E-state index in [2.05, 4.69) is 10.3 Å². The first-order valence-electron chi connectivity index (χ1n) is 12.4. The van der Waals surface area contributed by atoms with Crippen molar-refractivity contribution >= 4 is 23.8 Å². The normalized spacial score (nSPS) is 21.8. The summed E-state index contributed by atoms with van der Waals surface area (Å²) in [6.45, 7) is 6.21. The second kappa shape index (κ2) is 12.9. The van der Waals surface area contributed by atoms with Crippen LogP contribution in [0.15, 0.2) is 42.6 Å². The number of benzene rings is 1. The monoisotopic (exact) mass is 528 g/mol. The highest BCUT2D eigenvalue weighted by molar-refractivity contribution is 5.98. The van der Waals surface area contributed by atoms with E-state index in [1.54, 1.807) is 20.8 Å². The number of esters is 3. The molecule has 11 nitrogen and oxygen atoms in total. The van der Waals surface area contributed by atoms with Gasteiger partial charge in [-0.1, -0.05) is 44.2 Å². The van der Waals surface area contributed by atoms with Gasteiger partial charge in [0.25, 0.3) is 5.91 Å². The molecule has 1 fully saturated rings. The molecule has 3 rings (SSSR count). The van der Waals surface area contributed by atoms with E-state index < -0.39 is 66.3 Å². The fourth-order valence-corrected chi connectivity index (χ4v) is 3.85. The van der Waals surface area contributed by atoms with E-state index in [0.717, 1.165) is 5.56 Å². The Morgan fingerprint density at radius 3 is 2.53 bits per heavy atom. The number of rotatable bonds is 8. The lowest BCUT2D eigenvalue weighted by Gasteiger charge is -2.29. The standard InChI is InChI=1S/C27H32N2O9/c1-5-35-20-11-12-28-21(22(20)30)24(31)29-19-14-36-26(33)18(13-17-9-7-6-8-10-17)23(16(4)37-27(19)34)38-25(32)15(2)3/h6-12,15-16,18-19,23,30H,5,13-14H2,1-4H3,(H,29,31)/t16-,18+,19?,23?/m0/s1. The van der Waals surface area contributed by atoms with Gasteiger partial charge in [0.05, 0.1) is 12.5 Å². The molecule has 1 amide bonds. The van der Waals surface area contributed by atoms with Gasteiger partial charge in [0.2, 0.25) is 0 Å². The van der Waals surface area contributed by atoms with Gasteiger partial charge in [-0.25, -0.2) is 9.78 Å². The Balaban J connectivity index is 1.86. The number of cyclic esters (lactones) is 2. The summed E-state index contributed by atoms with van der Waals surface area (Å²) in [6.07, 6.45) is -0.747. The third-order valence-corrected chi connectivity index (χ3v) is 5.87. The lowest BCUT2D eigenvalue weighted by molar-refractivity contribution is -0.176. The molecule has 2 unspecified atom stereocenters. The molecule has 0 aliphatic carbocycles. The summed E-state index contributed by atoms with van der Waals surface area (Å²) < 4.78 is 21.9. The summed E-state index contributed by atoms with van der Waals surface area (Å²) in [5.41, 5.74) is 0.409. The maximum Gasteiger partial charge on any atom is 0.332 e. The van der Waals surface area contributed by atoms with Crippen molar-refractivity contribution in [1.29, 1.82) is 0 Å². The van der Waals surface area contributed by atoms with Crippen LogP contribution in [0, 0.1) is 11.8 Å². The van der Waals surface area contributed by atoms with E-state index in [0.29, 0.717) is 0 Å². The summed E-state index contributed by atoms with van der Waals surface area (Å²) in [7, 11) is 0. The Hall–Kier alpha value is -4.15. The van der Waals surface area contributed by atoms with Gasteiger partial charge in [-0.05, 0) is 25.8 Å². The van der Waals surface area contributed by atoms with Crippen LogP contribution in [0.3, 0.4) is 0 Å². The van der Waals surface area contributed by atoms with E-state index in [1.807, 2.05) is 30.3 Å². The van der Waals surface area contributed by atoms with Crippen LogP contribution in [-0.2, 0) is 35.0 Å². The molecule has 204 valence electrons. The zero-order chi connectivity index (χ0) is 27.8. The van der Waals surface area contributed by atoms with Crippen molar-refractivity contribution in [2.45, 2.75) is 52.4 Å². The molecule has 2 N–H and O–H groups in total. The highest BCUT2D eigenvalue weighted by Gasteiger charge is 2.42. The molecule has 0 saturated carbocycles. The number of hydrogen-bond acceptors (Lipinski definition) is 10.